The Kier molecular flexibility index (Phi) is 5.33. The fourth-order valence-electron chi connectivity index (χ4n) is 5.32. The molecule has 1 aliphatic carbocycles. The highest BCUT2D eigenvalue weighted by molar-refractivity contribution is 6.36. The number of nitrogens with two attached hydrogens (primary N) is 1. The van der Waals surface area contributed by atoms with Crippen LogP contribution in [-0.2, 0) is 5.54 Å². The number of hydrogen-bond acceptors (Lipinski definition) is 5. The standard InChI is InChI=1S/C22H28ClN3O4/c1-3-12-7-8-22(4-2,26(12)11-24)17-16(27)9-14-19(18(17)23)25(13-5-6-13)10-15(20(14)28)21(29)30/h9-10,12-13,27H,3-8,11,24H2,1-2H3,(H,29,30). The first kappa shape index (κ1) is 21.2. The molecule has 2 aromatic rings. The van der Waals surface area contributed by atoms with Gasteiger partial charge in [-0.3, -0.25) is 9.69 Å². The molecule has 162 valence electrons. The maximum absolute atomic E-state index is 12.9. The molecular weight excluding hydrogens is 406 g/mol. The van der Waals surface area contributed by atoms with Crippen LogP contribution in [-0.4, -0.2) is 38.4 Å². The minimum Gasteiger partial charge on any atom is -0.508 e. The number of aromatic hydroxyl groups is 1. The summed E-state index contributed by atoms with van der Waals surface area (Å²) in [7, 11) is 0. The number of rotatable bonds is 6. The molecule has 8 heteroatoms. The zero-order valence-electron chi connectivity index (χ0n) is 17.3. The Morgan fingerprint density at radius 1 is 1.33 bits per heavy atom. The van der Waals surface area contributed by atoms with Crippen LogP contribution in [0.5, 0.6) is 5.75 Å². The summed E-state index contributed by atoms with van der Waals surface area (Å²) in [6.07, 6.45) is 6.60. The van der Waals surface area contributed by atoms with E-state index >= 15 is 0 Å². The number of phenolic OH excluding ortho intramolecular Hbond substituents is 1. The lowest BCUT2D eigenvalue weighted by Crippen LogP contribution is -2.47. The number of pyridine rings is 1. The fraction of sp³-hybridized carbons (Fsp3) is 0.545. The van der Waals surface area contributed by atoms with E-state index in [9.17, 15) is 19.8 Å². The van der Waals surface area contributed by atoms with E-state index in [2.05, 4.69) is 18.7 Å². The van der Waals surface area contributed by atoms with Crippen molar-refractivity contribution in [2.75, 3.05) is 6.67 Å². The molecule has 1 saturated carbocycles. The summed E-state index contributed by atoms with van der Waals surface area (Å²) in [5.74, 6) is -1.36. The van der Waals surface area contributed by atoms with Crippen molar-refractivity contribution < 1.29 is 15.0 Å². The molecule has 4 N–H and O–H groups in total. The second kappa shape index (κ2) is 7.55. The molecule has 0 amide bonds. The molecule has 0 radical (unpaired) electrons. The number of aromatic carboxylic acids is 1. The topological polar surface area (TPSA) is 109 Å². The van der Waals surface area contributed by atoms with Crippen LogP contribution in [0.15, 0.2) is 17.1 Å². The van der Waals surface area contributed by atoms with Gasteiger partial charge in [-0.2, -0.15) is 0 Å². The van der Waals surface area contributed by atoms with Gasteiger partial charge < -0.3 is 20.5 Å². The average molecular weight is 434 g/mol. The van der Waals surface area contributed by atoms with Crippen molar-refractivity contribution >= 4 is 28.5 Å². The van der Waals surface area contributed by atoms with Crippen molar-refractivity contribution in [3.05, 3.63) is 38.6 Å². The van der Waals surface area contributed by atoms with Gasteiger partial charge in [0.1, 0.15) is 11.3 Å². The number of benzene rings is 1. The molecule has 2 heterocycles. The molecule has 1 aromatic heterocycles. The summed E-state index contributed by atoms with van der Waals surface area (Å²) in [5, 5.41) is 21.0. The predicted molar refractivity (Wildman–Crippen MR) is 116 cm³/mol. The van der Waals surface area contributed by atoms with Gasteiger partial charge in [-0.1, -0.05) is 25.4 Å². The third-order valence-electron chi connectivity index (χ3n) is 7.01. The molecule has 2 fully saturated rings. The van der Waals surface area contributed by atoms with E-state index in [0.717, 1.165) is 32.1 Å². The maximum Gasteiger partial charge on any atom is 0.341 e. The number of hydrogen-bond donors (Lipinski definition) is 3. The first-order chi connectivity index (χ1) is 14.3. The zero-order valence-corrected chi connectivity index (χ0v) is 18.1. The van der Waals surface area contributed by atoms with E-state index in [1.54, 1.807) is 0 Å². The highest BCUT2D eigenvalue weighted by Crippen LogP contribution is 2.52. The SMILES string of the molecule is CCC1CCC(CC)(c2c(O)cc3c(=O)c(C(=O)O)cn(C4CC4)c3c2Cl)N1CN. The minimum absolute atomic E-state index is 0.0773. The van der Waals surface area contributed by atoms with Gasteiger partial charge in [-0.15, -0.1) is 0 Å². The Balaban J connectivity index is 2.06. The lowest BCUT2D eigenvalue weighted by atomic mass is 9.83. The molecule has 1 saturated heterocycles. The zero-order chi connectivity index (χ0) is 21.8. The molecule has 1 aromatic carbocycles. The predicted octanol–water partition coefficient (Wildman–Crippen LogP) is 3.79. The number of carboxylic acids is 1. The van der Waals surface area contributed by atoms with Crippen molar-refractivity contribution in [2.45, 2.75) is 70.0 Å². The van der Waals surface area contributed by atoms with E-state index in [-0.39, 0.29) is 22.7 Å². The molecule has 2 atom stereocenters. The first-order valence-electron chi connectivity index (χ1n) is 10.6. The highest BCUT2D eigenvalue weighted by Gasteiger charge is 2.48. The number of carbonyl (C=O) groups is 1. The van der Waals surface area contributed by atoms with E-state index in [1.807, 2.05) is 4.57 Å². The van der Waals surface area contributed by atoms with Gasteiger partial charge in [0.05, 0.1) is 21.5 Å². The third-order valence-corrected chi connectivity index (χ3v) is 7.37. The summed E-state index contributed by atoms with van der Waals surface area (Å²) in [6, 6.07) is 1.80. The number of nitrogens with zero attached hydrogens (tertiary/aromatic N) is 2. The second-order valence-corrected chi connectivity index (χ2v) is 8.81. The van der Waals surface area contributed by atoms with Crippen LogP contribution < -0.4 is 11.2 Å². The number of likely N-dealkylation sites (tertiary alicyclic amines) is 1. The van der Waals surface area contributed by atoms with Crippen molar-refractivity contribution in [1.29, 1.82) is 0 Å². The van der Waals surface area contributed by atoms with E-state index in [0.29, 0.717) is 35.2 Å². The van der Waals surface area contributed by atoms with Crippen molar-refractivity contribution in [1.82, 2.24) is 9.47 Å². The molecule has 2 aliphatic rings. The van der Waals surface area contributed by atoms with Crippen LogP contribution in [0.3, 0.4) is 0 Å². The first-order valence-corrected chi connectivity index (χ1v) is 11.0. The summed E-state index contributed by atoms with van der Waals surface area (Å²) >= 11 is 6.95. The number of fused-ring (bicyclic) bond motifs is 1. The largest absolute Gasteiger partial charge is 0.508 e. The molecule has 4 rings (SSSR count). The highest BCUT2D eigenvalue weighted by atomic mass is 35.5. The Hall–Kier alpha value is -2.09. The molecule has 0 bridgehead atoms. The van der Waals surface area contributed by atoms with Crippen LogP contribution in [0.2, 0.25) is 5.02 Å². The van der Waals surface area contributed by atoms with Gasteiger partial charge in [0, 0.05) is 30.5 Å². The van der Waals surface area contributed by atoms with Gasteiger partial charge in [-0.05, 0) is 44.6 Å². The number of halogens is 1. The molecule has 30 heavy (non-hydrogen) atoms. The van der Waals surface area contributed by atoms with Crippen LogP contribution in [0.1, 0.15) is 74.3 Å². The summed E-state index contributed by atoms with van der Waals surface area (Å²) in [6.45, 7) is 4.52. The summed E-state index contributed by atoms with van der Waals surface area (Å²) in [5.41, 5.74) is 5.79. The Morgan fingerprint density at radius 2 is 2.03 bits per heavy atom. The summed E-state index contributed by atoms with van der Waals surface area (Å²) < 4.78 is 1.81. The quantitative estimate of drug-likeness (QED) is 0.639. The van der Waals surface area contributed by atoms with Crippen LogP contribution in [0.25, 0.3) is 10.9 Å². The number of aromatic nitrogens is 1. The van der Waals surface area contributed by atoms with Crippen molar-refractivity contribution in [3.63, 3.8) is 0 Å². The van der Waals surface area contributed by atoms with E-state index < -0.39 is 16.9 Å². The smallest absolute Gasteiger partial charge is 0.341 e. The minimum atomic E-state index is -1.28. The Morgan fingerprint density at radius 3 is 2.57 bits per heavy atom. The lowest BCUT2D eigenvalue weighted by molar-refractivity contribution is 0.0694. The van der Waals surface area contributed by atoms with Crippen molar-refractivity contribution in [2.24, 2.45) is 5.73 Å². The third kappa shape index (κ3) is 2.94. The number of carboxylic acid groups (broad SMARTS) is 1. The number of phenols is 1. The van der Waals surface area contributed by atoms with Gasteiger partial charge >= 0.3 is 5.97 Å². The van der Waals surface area contributed by atoms with Crippen LogP contribution >= 0.6 is 11.6 Å². The monoisotopic (exact) mass is 433 g/mol. The van der Waals surface area contributed by atoms with Crippen molar-refractivity contribution in [3.8, 4) is 5.75 Å². The average Bonchev–Trinajstić information content (AvgIpc) is 3.49. The molecule has 2 unspecified atom stereocenters. The Labute approximate surface area is 180 Å². The molecule has 1 aliphatic heterocycles. The normalized spacial score (nSPS) is 24.6. The van der Waals surface area contributed by atoms with Gasteiger partial charge in [0.25, 0.3) is 0 Å². The molecule has 7 nitrogen and oxygen atoms in total. The van der Waals surface area contributed by atoms with E-state index in [4.69, 9.17) is 17.3 Å². The van der Waals surface area contributed by atoms with E-state index in [1.165, 1.54) is 12.3 Å². The van der Waals surface area contributed by atoms with Gasteiger partial charge in [0.2, 0.25) is 5.43 Å². The lowest BCUT2D eigenvalue weighted by Gasteiger charge is -2.41. The van der Waals surface area contributed by atoms with Crippen LogP contribution in [0.4, 0.5) is 0 Å². The fourth-order valence-corrected chi connectivity index (χ4v) is 5.79. The molecule has 0 spiro atoms. The van der Waals surface area contributed by atoms with Gasteiger partial charge in [-0.25, -0.2) is 4.79 Å². The maximum atomic E-state index is 12.9. The molecular formula is C22H28ClN3O4. The summed E-state index contributed by atoms with van der Waals surface area (Å²) in [4.78, 5) is 26.7. The second-order valence-electron chi connectivity index (χ2n) is 8.43. The van der Waals surface area contributed by atoms with Gasteiger partial charge in [0.15, 0.2) is 0 Å². The van der Waals surface area contributed by atoms with Crippen LogP contribution in [0, 0.1) is 0 Å². The Bertz CT molecular complexity index is 1080.